The Labute approximate surface area is 142 Å². The Hall–Kier alpha value is -1.13. The van der Waals surface area contributed by atoms with Crippen LogP contribution >= 0.6 is 0 Å². The molecule has 6 rings (SSSR count). The first-order chi connectivity index (χ1) is 11.3. The van der Waals surface area contributed by atoms with Gasteiger partial charge in [0.05, 0.1) is 6.61 Å². The highest BCUT2D eigenvalue weighted by Crippen LogP contribution is 2.71. The average molecular weight is 330 g/mol. The number of hydrogen-bond acceptors (Lipinski definition) is 4. The number of aliphatic hydroxyl groups is 1. The maximum absolute atomic E-state index is 12.7. The molecule has 0 radical (unpaired) electrons. The van der Waals surface area contributed by atoms with Crippen LogP contribution in [0.2, 0.25) is 0 Å². The van der Waals surface area contributed by atoms with Gasteiger partial charge in [0, 0.05) is 17.8 Å². The van der Waals surface area contributed by atoms with Gasteiger partial charge >= 0.3 is 5.97 Å². The first kappa shape index (κ1) is 15.2. The lowest BCUT2D eigenvalue weighted by Crippen LogP contribution is -2.71. The van der Waals surface area contributed by atoms with Gasteiger partial charge in [0.2, 0.25) is 0 Å². The predicted molar refractivity (Wildman–Crippen MR) is 87.8 cm³/mol. The fourth-order valence-electron chi connectivity index (χ4n) is 6.71. The van der Waals surface area contributed by atoms with Crippen LogP contribution in [0.15, 0.2) is 24.3 Å². The van der Waals surface area contributed by atoms with E-state index in [-0.39, 0.29) is 28.8 Å². The van der Waals surface area contributed by atoms with Crippen LogP contribution in [0, 0.1) is 28.1 Å². The molecule has 1 N–H and O–H groups in total. The lowest BCUT2D eigenvalue weighted by Gasteiger charge is -2.65. The van der Waals surface area contributed by atoms with Crippen LogP contribution in [0.4, 0.5) is 0 Å². The number of carbonyl (C=O) groups excluding carboxylic acids is 1. The van der Waals surface area contributed by atoms with E-state index < -0.39 is 11.2 Å². The molecular weight excluding hydrogens is 304 g/mol. The Bertz CT molecular complexity index is 671. The van der Waals surface area contributed by atoms with Crippen LogP contribution in [-0.4, -0.2) is 29.6 Å². The molecule has 0 aromatic heterocycles. The van der Waals surface area contributed by atoms with E-state index in [1.54, 1.807) is 0 Å². The topological polar surface area (TPSA) is 55.8 Å². The van der Waals surface area contributed by atoms with Gasteiger partial charge in [-0.25, -0.2) is 0 Å². The Morgan fingerprint density at radius 2 is 2.12 bits per heavy atom. The van der Waals surface area contributed by atoms with E-state index in [1.165, 1.54) is 5.57 Å². The zero-order valence-electron chi connectivity index (χ0n) is 14.5. The molecule has 0 unspecified atom stereocenters. The summed E-state index contributed by atoms with van der Waals surface area (Å²) >= 11 is 0. The van der Waals surface area contributed by atoms with Gasteiger partial charge in [-0.3, -0.25) is 4.79 Å². The summed E-state index contributed by atoms with van der Waals surface area (Å²) < 4.78 is 11.8. The largest absolute Gasteiger partial charge is 0.457 e. The van der Waals surface area contributed by atoms with E-state index in [9.17, 15) is 9.90 Å². The van der Waals surface area contributed by atoms with Crippen LogP contribution in [0.1, 0.15) is 46.0 Å². The van der Waals surface area contributed by atoms with Crippen LogP contribution in [0.25, 0.3) is 0 Å². The second-order valence-corrected chi connectivity index (χ2v) is 9.22. The molecule has 1 spiro atoms. The van der Waals surface area contributed by atoms with Crippen molar-refractivity contribution in [2.75, 3.05) is 6.61 Å². The van der Waals surface area contributed by atoms with Gasteiger partial charge in [-0.2, -0.15) is 0 Å². The third-order valence-electron chi connectivity index (χ3n) is 8.18. The average Bonchev–Trinajstić information content (AvgIpc) is 2.83. The molecule has 4 heteroatoms. The summed E-state index contributed by atoms with van der Waals surface area (Å²) in [7, 11) is 0. The Morgan fingerprint density at radius 1 is 1.33 bits per heavy atom. The van der Waals surface area contributed by atoms with Crippen molar-refractivity contribution in [2.45, 2.75) is 57.8 Å². The molecule has 0 amide bonds. The van der Waals surface area contributed by atoms with Gasteiger partial charge in [0.15, 0.2) is 5.79 Å². The minimum atomic E-state index is -1.36. The summed E-state index contributed by atoms with van der Waals surface area (Å²) in [5.41, 5.74) is 0.540. The van der Waals surface area contributed by atoms with Crippen molar-refractivity contribution in [1.29, 1.82) is 0 Å². The number of allylic oxidation sites excluding steroid dienone is 2. The van der Waals surface area contributed by atoms with E-state index in [0.29, 0.717) is 18.9 Å². The van der Waals surface area contributed by atoms with E-state index in [1.807, 2.05) is 6.92 Å². The molecule has 3 heterocycles. The van der Waals surface area contributed by atoms with E-state index in [4.69, 9.17) is 9.47 Å². The minimum Gasteiger partial charge on any atom is -0.457 e. The summed E-state index contributed by atoms with van der Waals surface area (Å²) in [6.45, 7) is 8.71. The number of hydrogen-bond donors (Lipinski definition) is 1. The van der Waals surface area contributed by atoms with Crippen molar-refractivity contribution >= 4 is 5.97 Å². The normalized spacial score (nSPS) is 57.7. The predicted octanol–water partition coefficient (Wildman–Crippen LogP) is 2.97. The molecule has 6 aliphatic rings. The molecule has 3 saturated heterocycles. The zero-order chi connectivity index (χ0) is 17.0. The van der Waals surface area contributed by atoms with Gasteiger partial charge in [0.25, 0.3) is 0 Å². The smallest absolute Gasteiger partial charge is 0.318 e. The molecule has 24 heavy (non-hydrogen) atoms. The van der Waals surface area contributed by atoms with Gasteiger partial charge in [-0.05, 0) is 50.0 Å². The molecule has 2 bridgehead atoms. The molecular formula is C20H26O4. The van der Waals surface area contributed by atoms with Crippen molar-refractivity contribution < 1.29 is 19.4 Å². The number of esters is 1. The molecule has 3 aliphatic carbocycles. The first-order valence-electron chi connectivity index (χ1n) is 9.20. The summed E-state index contributed by atoms with van der Waals surface area (Å²) in [5, 5.41) is 11.0. The summed E-state index contributed by atoms with van der Waals surface area (Å²) in [5.74, 6) is -1.18. The minimum absolute atomic E-state index is 0.0341. The van der Waals surface area contributed by atoms with Crippen molar-refractivity contribution in [3.8, 4) is 0 Å². The third-order valence-corrected chi connectivity index (χ3v) is 8.18. The fraction of sp³-hybridized carbons (Fsp3) is 0.750. The van der Waals surface area contributed by atoms with Crippen LogP contribution in [0.3, 0.4) is 0 Å². The third kappa shape index (κ3) is 1.43. The van der Waals surface area contributed by atoms with Gasteiger partial charge < -0.3 is 14.6 Å². The lowest BCUT2D eigenvalue weighted by atomic mass is 9.42. The standard InChI is InChI=1S/C20H26O4/c1-4-17(2)6-5-13-12(10-17)9-14-15-18(3,16(21)24-14)20(22)8-7-19(13,15)11-23-20/h4,9,13-15,22H,1,5-8,10-11H2,2-3H3/t13-,14-,15+,17-,18+,19+,20-/m1/s1. The lowest BCUT2D eigenvalue weighted by molar-refractivity contribution is -0.367. The fourth-order valence-corrected chi connectivity index (χ4v) is 6.71. The molecule has 7 atom stereocenters. The molecule has 130 valence electrons. The summed E-state index contributed by atoms with van der Waals surface area (Å²) in [6, 6.07) is 0. The maximum atomic E-state index is 12.7. The number of fused-ring (bicyclic) bond motifs is 3. The van der Waals surface area contributed by atoms with Crippen molar-refractivity contribution in [3.05, 3.63) is 24.3 Å². The first-order valence-corrected chi connectivity index (χ1v) is 9.20. The van der Waals surface area contributed by atoms with Crippen molar-refractivity contribution in [2.24, 2.45) is 28.1 Å². The van der Waals surface area contributed by atoms with Crippen LogP contribution < -0.4 is 0 Å². The zero-order valence-corrected chi connectivity index (χ0v) is 14.5. The highest BCUT2D eigenvalue weighted by atomic mass is 16.6. The van der Waals surface area contributed by atoms with Gasteiger partial charge in [-0.1, -0.05) is 18.6 Å². The monoisotopic (exact) mass is 330 g/mol. The van der Waals surface area contributed by atoms with Crippen LogP contribution in [0.5, 0.6) is 0 Å². The molecule has 4 nitrogen and oxygen atoms in total. The Kier molecular flexibility index (Phi) is 2.62. The molecule has 0 aromatic carbocycles. The molecule has 3 aliphatic heterocycles. The Balaban J connectivity index is 1.67. The number of rotatable bonds is 1. The number of carbonyl (C=O) groups is 1. The van der Waals surface area contributed by atoms with E-state index in [2.05, 4.69) is 25.7 Å². The number of ether oxygens (including phenoxy) is 2. The molecule has 2 saturated carbocycles. The second-order valence-electron chi connectivity index (χ2n) is 9.22. The van der Waals surface area contributed by atoms with Crippen LogP contribution in [-0.2, 0) is 14.3 Å². The van der Waals surface area contributed by atoms with Gasteiger partial charge in [0.1, 0.15) is 11.5 Å². The summed E-state index contributed by atoms with van der Waals surface area (Å²) in [6.07, 6.45) is 8.73. The maximum Gasteiger partial charge on any atom is 0.318 e. The van der Waals surface area contributed by atoms with Gasteiger partial charge in [-0.15, -0.1) is 6.58 Å². The Morgan fingerprint density at radius 3 is 2.79 bits per heavy atom. The quantitative estimate of drug-likeness (QED) is 0.593. The highest BCUT2D eigenvalue weighted by Gasteiger charge is 2.78. The molecule has 0 aromatic rings. The second kappa shape index (κ2) is 4.16. The van der Waals surface area contributed by atoms with Crippen molar-refractivity contribution in [1.82, 2.24) is 0 Å². The SMILES string of the molecule is C=C[C@]1(C)CC[C@@H]2C(=C[C@H]3OC(=O)[C@]4(C)[C@H]3[C@]23CC[C@@]4(O)OC3)C1. The van der Waals surface area contributed by atoms with Crippen molar-refractivity contribution in [3.63, 3.8) is 0 Å². The summed E-state index contributed by atoms with van der Waals surface area (Å²) in [4.78, 5) is 12.7. The highest BCUT2D eigenvalue weighted by molar-refractivity contribution is 5.82. The van der Waals surface area contributed by atoms with E-state index >= 15 is 0 Å². The molecule has 5 fully saturated rings. The van der Waals surface area contributed by atoms with E-state index in [0.717, 1.165) is 25.7 Å².